The molecule has 2 heterocycles. The number of pyridine rings is 1. The Balaban J connectivity index is 1.13. The molecule has 0 N–H and O–H groups in total. The molecule has 2 aromatic heterocycles. The smallest absolute Gasteiger partial charge is 0.0723 e. The molecule has 0 saturated heterocycles. The summed E-state index contributed by atoms with van der Waals surface area (Å²) in [5.41, 5.74) is 12.4. The Morgan fingerprint density at radius 1 is 0.383 bits per heavy atom. The molecule has 1 aliphatic rings. The van der Waals surface area contributed by atoms with Gasteiger partial charge in [-0.25, -0.2) is 0 Å². The fraction of sp³-hybridized carbons (Fsp3) is 0. The van der Waals surface area contributed by atoms with Crippen LogP contribution in [0.4, 0.5) is 0 Å². The van der Waals surface area contributed by atoms with Crippen LogP contribution in [0.2, 0.25) is 0 Å². The van der Waals surface area contributed by atoms with Gasteiger partial charge < -0.3 is 4.57 Å². The van der Waals surface area contributed by atoms with E-state index in [-0.39, 0.29) is 0 Å². The average molecular weight is 595 g/mol. The highest BCUT2D eigenvalue weighted by atomic mass is 15.0. The maximum Gasteiger partial charge on any atom is 0.0723 e. The lowest BCUT2D eigenvalue weighted by molar-refractivity contribution is 1.19. The third-order valence-corrected chi connectivity index (χ3v) is 10.4. The molecule has 216 valence electrons. The van der Waals surface area contributed by atoms with Gasteiger partial charge in [0.15, 0.2) is 0 Å². The molecule has 2 heteroatoms. The van der Waals surface area contributed by atoms with Gasteiger partial charge in [0.1, 0.15) is 0 Å². The Labute approximate surface area is 270 Å². The largest absolute Gasteiger partial charge is 0.309 e. The van der Waals surface area contributed by atoms with Gasteiger partial charge in [-0.1, -0.05) is 115 Å². The van der Waals surface area contributed by atoms with Crippen LogP contribution in [0.25, 0.3) is 104 Å². The summed E-state index contributed by atoms with van der Waals surface area (Å²) in [5, 5.41) is 11.6. The Morgan fingerprint density at radius 2 is 1.00 bits per heavy atom. The second-order valence-corrected chi connectivity index (χ2v) is 12.7. The van der Waals surface area contributed by atoms with Gasteiger partial charge in [0.05, 0.1) is 16.6 Å². The minimum atomic E-state index is 1.01. The van der Waals surface area contributed by atoms with Crippen molar-refractivity contribution in [2.75, 3.05) is 0 Å². The van der Waals surface area contributed by atoms with Gasteiger partial charge in [-0.2, -0.15) is 0 Å². The van der Waals surface area contributed by atoms with Crippen molar-refractivity contribution in [3.63, 3.8) is 0 Å². The Morgan fingerprint density at radius 3 is 1.77 bits per heavy atom. The van der Waals surface area contributed by atoms with Gasteiger partial charge in [-0.05, 0) is 102 Å². The fourth-order valence-electron chi connectivity index (χ4n) is 8.45. The first-order chi connectivity index (χ1) is 23.3. The Bertz CT molecular complexity index is 2880. The summed E-state index contributed by atoms with van der Waals surface area (Å²) in [5.74, 6) is 0. The first-order valence-electron chi connectivity index (χ1n) is 16.2. The van der Waals surface area contributed by atoms with Gasteiger partial charge in [-0.15, -0.1) is 0 Å². The normalized spacial score (nSPS) is 12.3. The highest BCUT2D eigenvalue weighted by molar-refractivity contribution is 6.31. The van der Waals surface area contributed by atoms with Crippen LogP contribution in [-0.2, 0) is 0 Å². The third kappa shape index (κ3) is 3.26. The summed E-state index contributed by atoms with van der Waals surface area (Å²) >= 11 is 0. The van der Waals surface area contributed by atoms with E-state index in [9.17, 15) is 0 Å². The minimum absolute atomic E-state index is 1.01. The standard InChI is InChI=1S/C45H26N2/c1-3-12-34-30(9-1)31-10-2-4-13-35(31)44-39-23-22-29(33-14-7-15-38(42(33)39)43(34)44)27-18-20-28(21-19-27)47-41-17-6-5-11-32(41)36-24-25-40-37(45(36)47)16-8-26-46-40/h1-26H. The van der Waals surface area contributed by atoms with Crippen molar-refractivity contribution in [3.05, 3.63) is 158 Å². The Kier molecular flexibility index (Phi) is 4.87. The van der Waals surface area contributed by atoms with Gasteiger partial charge in [0.25, 0.3) is 0 Å². The molecule has 0 atom stereocenters. The molecule has 10 aromatic rings. The van der Waals surface area contributed by atoms with Crippen LogP contribution in [0.5, 0.6) is 0 Å². The summed E-state index contributed by atoms with van der Waals surface area (Å²) < 4.78 is 2.40. The van der Waals surface area contributed by atoms with Crippen LogP contribution in [-0.4, -0.2) is 9.55 Å². The lowest BCUT2D eigenvalue weighted by Crippen LogP contribution is -1.95. The van der Waals surface area contributed by atoms with Crippen molar-refractivity contribution >= 4 is 65.0 Å². The zero-order chi connectivity index (χ0) is 30.6. The summed E-state index contributed by atoms with van der Waals surface area (Å²) in [6, 6.07) is 55.7. The third-order valence-electron chi connectivity index (χ3n) is 10.4. The molecule has 2 nitrogen and oxygen atoms in total. The average Bonchev–Trinajstić information content (AvgIpc) is 3.67. The van der Waals surface area contributed by atoms with Crippen molar-refractivity contribution in [1.29, 1.82) is 0 Å². The van der Waals surface area contributed by atoms with E-state index in [2.05, 4.69) is 155 Å². The van der Waals surface area contributed by atoms with E-state index < -0.39 is 0 Å². The van der Waals surface area contributed by atoms with Crippen molar-refractivity contribution in [1.82, 2.24) is 9.55 Å². The van der Waals surface area contributed by atoms with E-state index in [0.717, 1.165) is 16.6 Å². The maximum atomic E-state index is 4.67. The summed E-state index contributed by atoms with van der Waals surface area (Å²) in [6.45, 7) is 0. The van der Waals surface area contributed by atoms with E-state index in [1.165, 1.54) is 87.5 Å². The van der Waals surface area contributed by atoms with Crippen LogP contribution in [0.1, 0.15) is 0 Å². The number of benzene rings is 8. The monoisotopic (exact) mass is 594 g/mol. The quantitative estimate of drug-likeness (QED) is 0.182. The first kappa shape index (κ1) is 25.0. The van der Waals surface area contributed by atoms with Crippen LogP contribution in [0, 0.1) is 0 Å². The minimum Gasteiger partial charge on any atom is -0.309 e. The van der Waals surface area contributed by atoms with Crippen LogP contribution in [0.3, 0.4) is 0 Å². The molecule has 0 saturated carbocycles. The predicted octanol–water partition coefficient (Wildman–Crippen LogP) is 12.1. The summed E-state index contributed by atoms with van der Waals surface area (Å²) in [6.07, 6.45) is 1.87. The molecule has 0 aliphatic heterocycles. The zero-order valence-corrected chi connectivity index (χ0v) is 25.4. The zero-order valence-electron chi connectivity index (χ0n) is 25.4. The molecule has 8 aromatic carbocycles. The maximum absolute atomic E-state index is 4.67. The number of rotatable bonds is 2. The molecule has 0 radical (unpaired) electrons. The molecular weight excluding hydrogens is 569 g/mol. The molecule has 0 bridgehead atoms. The number of para-hydroxylation sites is 1. The lowest BCUT2D eigenvalue weighted by Gasteiger charge is -2.13. The van der Waals surface area contributed by atoms with Crippen molar-refractivity contribution in [2.45, 2.75) is 0 Å². The molecule has 47 heavy (non-hydrogen) atoms. The van der Waals surface area contributed by atoms with Crippen molar-refractivity contribution in [3.8, 4) is 39.1 Å². The fourth-order valence-corrected chi connectivity index (χ4v) is 8.45. The molecule has 1 aliphatic carbocycles. The number of fused-ring (bicyclic) bond motifs is 13. The second-order valence-electron chi connectivity index (χ2n) is 12.7. The lowest BCUT2D eigenvalue weighted by atomic mass is 9.90. The van der Waals surface area contributed by atoms with Crippen LogP contribution in [0.15, 0.2) is 158 Å². The van der Waals surface area contributed by atoms with Crippen LogP contribution < -0.4 is 0 Å². The number of hydrogen-bond acceptors (Lipinski definition) is 1. The molecular formula is C45H26N2. The molecule has 0 spiro atoms. The van der Waals surface area contributed by atoms with E-state index in [0.29, 0.717) is 0 Å². The second kappa shape index (κ2) is 9.15. The highest BCUT2D eigenvalue weighted by Gasteiger charge is 2.27. The van der Waals surface area contributed by atoms with Crippen molar-refractivity contribution < 1.29 is 0 Å². The van der Waals surface area contributed by atoms with E-state index >= 15 is 0 Å². The van der Waals surface area contributed by atoms with Crippen molar-refractivity contribution in [2.24, 2.45) is 0 Å². The summed E-state index contributed by atoms with van der Waals surface area (Å²) in [4.78, 5) is 4.67. The number of aromatic nitrogens is 2. The van der Waals surface area contributed by atoms with Gasteiger partial charge in [0.2, 0.25) is 0 Å². The van der Waals surface area contributed by atoms with Gasteiger partial charge >= 0.3 is 0 Å². The number of hydrogen-bond donors (Lipinski definition) is 0. The number of nitrogens with zero attached hydrogens (tertiary/aromatic N) is 2. The molecule has 11 rings (SSSR count). The molecule has 0 fully saturated rings. The highest BCUT2D eigenvalue weighted by Crippen LogP contribution is 2.54. The Hall–Kier alpha value is -6.25. The first-order valence-corrected chi connectivity index (χ1v) is 16.2. The molecule has 0 amide bonds. The van der Waals surface area contributed by atoms with Gasteiger partial charge in [0, 0.05) is 28.0 Å². The summed E-state index contributed by atoms with van der Waals surface area (Å²) in [7, 11) is 0. The molecule has 0 unspecified atom stereocenters. The van der Waals surface area contributed by atoms with E-state index in [4.69, 9.17) is 0 Å². The van der Waals surface area contributed by atoms with E-state index in [1.54, 1.807) is 0 Å². The van der Waals surface area contributed by atoms with Gasteiger partial charge in [-0.3, -0.25) is 4.98 Å². The SMILES string of the molecule is c1cc2c3c(ccc(-c4ccc(-n5c6ccccc6c6ccc7ncccc7c65)cc4)c3c1)-c1c-2c2ccccc2c2ccccc12. The van der Waals surface area contributed by atoms with E-state index in [1.807, 2.05) is 12.3 Å². The predicted molar refractivity (Wildman–Crippen MR) is 198 cm³/mol. The topological polar surface area (TPSA) is 17.8 Å². The van der Waals surface area contributed by atoms with Crippen LogP contribution >= 0.6 is 0 Å².